The van der Waals surface area contributed by atoms with Gasteiger partial charge in [0.25, 0.3) is 0 Å². The van der Waals surface area contributed by atoms with E-state index in [0.29, 0.717) is 25.7 Å². The minimum atomic E-state index is -0.00996. The van der Waals surface area contributed by atoms with Crippen molar-refractivity contribution in [3.63, 3.8) is 0 Å². The molecule has 0 bridgehead atoms. The molecule has 1 aromatic rings. The smallest absolute Gasteiger partial charge is 0.321 e. The molecule has 8 nitrogen and oxygen atoms in total. The highest BCUT2D eigenvalue weighted by atomic mass is 127. The fourth-order valence-corrected chi connectivity index (χ4v) is 3.95. The largest absolute Gasteiger partial charge is 0.382 e. The quantitative estimate of drug-likeness (QED) is 0.227. The van der Waals surface area contributed by atoms with Crippen LogP contribution in [0.25, 0.3) is 0 Å². The van der Waals surface area contributed by atoms with E-state index in [4.69, 9.17) is 9.47 Å². The van der Waals surface area contributed by atoms with Crippen LogP contribution in [0.15, 0.2) is 29.3 Å². The average Bonchev–Trinajstić information content (AvgIpc) is 3.45. The van der Waals surface area contributed by atoms with E-state index >= 15 is 0 Å². The van der Waals surface area contributed by atoms with Gasteiger partial charge in [-0.05, 0) is 37.0 Å². The molecule has 1 unspecified atom stereocenters. The Hall–Kier alpha value is -1.59. The number of rotatable bonds is 8. The maximum absolute atomic E-state index is 12.3. The molecule has 2 amide bonds. The summed E-state index contributed by atoms with van der Waals surface area (Å²) >= 11 is 0. The van der Waals surface area contributed by atoms with E-state index in [0.717, 1.165) is 69.3 Å². The van der Waals surface area contributed by atoms with Crippen molar-refractivity contribution in [3.05, 3.63) is 29.8 Å². The average molecular weight is 545 g/mol. The third kappa shape index (κ3) is 8.12. The first-order chi connectivity index (χ1) is 14.7. The topological polar surface area (TPSA) is 78.4 Å². The first kappa shape index (κ1) is 25.7. The number of carbonyl (C=O) groups excluding carboxylic acids is 1. The number of guanidine groups is 1. The Morgan fingerprint density at radius 1 is 1.19 bits per heavy atom. The molecule has 0 spiro atoms. The van der Waals surface area contributed by atoms with E-state index in [1.54, 1.807) is 7.11 Å². The minimum absolute atomic E-state index is 0. The van der Waals surface area contributed by atoms with Gasteiger partial charge in [0.1, 0.15) is 0 Å². The molecule has 9 heteroatoms. The molecule has 2 aliphatic rings. The van der Waals surface area contributed by atoms with Gasteiger partial charge in [-0.2, -0.15) is 0 Å². The summed E-state index contributed by atoms with van der Waals surface area (Å²) in [6, 6.07) is 7.97. The number of likely N-dealkylation sites (tertiary alicyclic amines) is 2. The molecule has 0 aliphatic carbocycles. The van der Waals surface area contributed by atoms with Gasteiger partial charge in [-0.1, -0.05) is 12.1 Å². The number of carbonyl (C=O) groups is 1. The zero-order chi connectivity index (χ0) is 21.2. The van der Waals surface area contributed by atoms with Gasteiger partial charge in [0.15, 0.2) is 5.96 Å². The lowest BCUT2D eigenvalue weighted by molar-refractivity contribution is 0.0536. The van der Waals surface area contributed by atoms with Crippen molar-refractivity contribution in [2.45, 2.75) is 25.8 Å². The van der Waals surface area contributed by atoms with E-state index in [-0.39, 0.29) is 30.0 Å². The van der Waals surface area contributed by atoms with Gasteiger partial charge >= 0.3 is 6.03 Å². The van der Waals surface area contributed by atoms with Gasteiger partial charge in [0.05, 0.1) is 19.8 Å². The Bertz CT molecular complexity index is 712. The maximum Gasteiger partial charge on any atom is 0.321 e. The van der Waals surface area contributed by atoms with Crippen molar-refractivity contribution in [2.75, 3.05) is 65.5 Å². The molecule has 0 saturated carbocycles. The third-order valence-corrected chi connectivity index (χ3v) is 5.60. The molecule has 2 N–H and O–H groups in total. The predicted molar refractivity (Wildman–Crippen MR) is 134 cm³/mol. The van der Waals surface area contributed by atoms with Gasteiger partial charge in [-0.15, -0.1) is 24.0 Å². The minimum Gasteiger partial charge on any atom is -0.382 e. The van der Waals surface area contributed by atoms with Crippen LogP contribution >= 0.6 is 24.0 Å². The SMILES string of the molecule is CN=C(NCc1cccc(NC(=O)N2CCCC2)c1)N1CCC(COCCOC)C1.I. The van der Waals surface area contributed by atoms with Crippen molar-refractivity contribution in [1.29, 1.82) is 0 Å². The van der Waals surface area contributed by atoms with Crippen LogP contribution in [0.1, 0.15) is 24.8 Å². The highest BCUT2D eigenvalue weighted by Crippen LogP contribution is 2.17. The number of hydrogen-bond donors (Lipinski definition) is 2. The molecule has 0 radical (unpaired) electrons. The lowest BCUT2D eigenvalue weighted by atomic mass is 10.1. The summed E-state index contributed by atoms with van der Waals surface area (Å²) in [7, 11) is 3.50. The van der Waals surface area contributed by atoms with E-state index in [9.17, 15) is 4.79 Å². The van der Waals surface area contributed by atoms with Crippen LogP contribution in [-0.4, -0.2) is 81.9 Å². The van der Waals surface area contributed by atoms with Crippen LogP contribution in [0.4, 0.5) is 10.5 Å². The van der Waals surface area contributed by atoms with E-state index in [1.807, 2.05) is 30.1 Å². The molecule has 1 atom stereocenters. The van der Waals surface area contributed by atoms with Crippen LogP contribution in [0.2, 0.25) is 0 Å². The summed E-state index contributed by atoms with van der Waals surface area (Å²) in [5, 5.41) is 6.46. The highest BCUT2D eigenvalue weighted by Gasteiger charge is 2.25. The molecule has 2 aliphatic heterocycles. The number of nitrogens with one attached hydrogen (secondary N) is 2. The monoisotopic (exact) mass is 545 g/mol. The summed E-state index contributed by atoms with van der Waals surface area (Å²) in [5.41, 5.74) is 1.93. The third-order valence-electron chi connectivity index (χ3n) is 5.60. The van der Waals surface area contributed by atoms with Crippen LogP contribution in [0.3, 0.4) is 0 Å². The summed E-state index contributed by atoms with van der Waals surface area (Å²) < 4.78 is 10.7. The predicted octanol–water partition coefficient (Wildman–Crippen LogP) is 2.99. The summed E-state index contributed by atoms with van der Waals surface area (Å²) in [6.45, 7) is 6.31. The van der Waals surface area contributed by atoms with Gasteiger partial charge in [-0.3, -0.25) is 4.99 Å². The van der Waals surface area contributed by atoms with Crippen molar-refractivity contribution in [2.24, 2.45) is 10.9 Å². The molecule has 31 heavy (non-hydrogen) atoms. The number of methoxy groups -OCH3 is 1. The van der Waals surface area contributed by atoms with Gasteiger partial charge in [-0.25, -0.2) is 4.79 Å². The van der Waals surface area contributed by atoms with E-state index in [2.05, 4.69) is 26.6 Å². The fraction of sp³-hybridized carbons (Fsp3) is 0.636. The van der Waals surface area contributed by atoms with E-state index < -0.39 is 0 Å². The lowest BCUT2D eigenvalue weighted by Crippen LogP contribution is -2.39. The lowest BCUT2D eigenvalue weighted by Gasteiger charge is -2.22. The zero-order valence-electron chi connectivity index (χ0n) is 18.6. The van der Waals surface area contributed by atoms with Crippen LogP contribution < -0.4 is 10.6 Å². The number of anilines is 1. The second-order valence-corrected chi connectivity index (χ2v) is 7.89. The second kappa shape index (κ2) is 13.7. The summed E-state index contributed by atoms with van der Waals surface area (Å²) in [4.78, 5) is 20.9. The highest BCUT2D eigenvalue weighted by molar-refractivity contribution is 14.0. The van der Waals surface area contributed by atoms with Crippen molar-refractivity contribution < 1.29 is 14.3 Å². The number of urea groups is 1. The molecule has 2 heterocycles. The number of benzene rings is 1. The van der Waals surface area contributed by atoms with Gasteiger partial charge in [0.2, 0.25) is 0 Å². The Kier molecular flexibility index (Phi) is 11.4. The van der Waals surface area contributed by atoms with Crippen LogP contribution in [-0.2, 0) is 16.0 Å². The normalized spacial score (nSPS) is 18.8. The molecular formula is C22H36IN5O3. The first-order valence-electron chi connectivity index (χ1n) is 10.9. The maximum atomic E-state index is 12.3. The Labute approximate surface area is 202 Å². The van der Waals surface area contributed by atoms with Gasteiger partial charge in [0, 0.05) is 58.5 Å². The zero-order valence-corrected chi connectivity index (χ0v) is 21.0. The molecule has 3 rings (SSSR count). The van der Waals surface area contributed by atoms with Crippen molar-refractivity contribution in [3.8, 4) is 0 Å². The standard InChI is InChI=1S/C22H35N5O3.HI/c1-23-21(27-11-8-19(16-27)17-30-13-12-29-2)24-15-18-6-5-7-20(14-18)25-22(28)26-9-3-4-10-26;/h5-7,14,19H,3-4,8-13,15-17H2,1-2H3,(H,23,24)(H,25,28);1H. The molecule has 2 saturated heterocycles. The molecule has 0 aromatic heterocycles. The molecule has 174 valence electrons. The van der Waals surface area contributed by atoms with Crippen LogP contribution in [0.5, 0.6) is 0 Å². The van der Waals surface area contributed by atoms with Gasteiger partial charge < -0.3 is 29.9 Å². The molecule has 2 fully saturated rings. The van der Waals surface area contributed by atoms with Crippen molar-refractivity contribution >= 4 is 41.7 Å². The summed E-state index contributed by atoms with van der Waals surface area (Å²) in [6.07, 6.45) is 3.28. The number of ether oxygens (including phenoxy) is 2. The second-order valence-electron chi connectivity index (χ2n) is 7.89. The number of amides is 2. The number of aliphatic imine (C=N–C) groups is 1. The van der Waals surface area contributed by atoms with Crippen LogP contribution in [0, 0.1) is 5.92 Å². The number of hydrogen-bond acceptors (Lipinski definition) is 4. The molecule has 1 aromatic carbocycles. The van der Waals surface area contributed by atoms with E-state index in [1.165, 1.54) is 0 Å². The Morgan fingerprint density at radius 2 is 2.00 bits per heavy atom. The summed E-state index contributed by atoms with van der Waals surface area (Å²) in [5.74, 6) is 1.42. The Morgan fingerprint density at radius 3 is 2.74 bits per heavy atom. The first-order valence-corrected chi connectivity index (χ1v) is 10.9. The van der Waals surface area contributed by atoms with Crippen molar-refractivity contribution in [1.82, 2.24) is 15.1 Å². The number of halogens is 1. The Balaban J connectivity index is 0.00000341. The number of nitrogens with zero attached hydrogens (tertiary/aromatic N) is 3. The fourth-order valence-electron chi connectivity index (χ4n) is 3.95. The molecular weight excluding hydrogens is 509 g/mol.